The fourth-order valence-corrected chi connectivity index (χ4v) is 2.97. The fourth-order valence-electron chi connectivity index (χ4n) is 2.44. The largest absolute Gasteiger partial charge is 0.304 e. The molecule has 3 rings (SSSR count). The maximum Gasteiger partial charge on any atom is 0.242 e. The zero-order chi connectivity index (χ0) is 15.0. The number of carbonyl (C=O) groups excluding carboxylic acids is 2. The van der Waals surface area contributed by atoms with Crippen LogP contribution in [0.3, 0.4) is 0 Å². The van der Waals surface area contributed by atoms with Crippen LogP contribution < -0.4 is 4.90 Å². The second kappa shape index (κ2) is 5.73. The molecule has 0 aliphatic carbocycles. The van der Waals surface area contributed by atoms with E-state index in [1.54, 1.807) is 4.90 Å². The van der Waals surface area contributed by atoms with Crippen LogP contribution in [-0.4, -0.2) is 18.2 Å². The van der Waals surface area contributed by atoms with Gasteiger partial charge in [0, 0.05) is 14.6 Å². The molecule has 2 aromatic rings. The van der Waals surface area contributed by atoms with Gasteiger partial charge in [0.15, 0.2) is 5.78 Å². The molecule has 1 saturated heterocycles. The summed E-state index contributed by atoms with van der Waals surface area (Å²) >= 11 is 6.72. The molecule has 0 aromatic heterocycles. The zero-order valence-electron chi connectivity index (χ0n) is 10.9. The lowest BCUT2D eigenvalue weighted by molar-refractivity contribution is -0.123. The molecule has 1 fully saturated rings. The number of hydrogen-bond donors (Lipinski definition) is 0. The van der Waals surface area contributed by atoms with Crippen molar-refractivity contribution in [2.75, 3.05) is 11.4 Å². The average Bonchev–Trinajstić information content (AvgIpc) is 2.76. The van der Waals surface area contributed by atoms with Crippen molar-refractivity contribution < 1.29 is 9.59 Å². The summed E-state index contributed by atoms with van der Waals surface area (Å²) in [6, 6.07) is 14.7. The Labute approximate surface area is 139 Å². The Kier molecular flexibility index (Phi) is 3.95. The predicted octanol–water partition coefficient (Wildman–Crippen LogP) is 3.91. The molecular weight excluding hydrogens is 398 g/mol. The Bertz CT molecular complexity index is 695. The summed E-state index contributed by atoms with van der Waals surface area (Å²) in [7, 11) is 0. The Hall–Kier alpha value is -1.46. The van der Waals surface area contributed by atoms with Gasteiger partial charge in [-0.2, -0.15) is 0 Å². The minimum absolute atomic E-state index is 0.0646. The summed E-state index contributed by atoms with van der Waals surface area (Å²) in [5, 5.41) is 0. The normalized spacial score (nSPS) is 18.4. The van der Waals surface area contributed by atoms with Crippen molar-refractivity contribution in [3.8, 4) is 0 Å². The Morgan fingerprint density at radius 2 is 1.38 bits per heavy atom. The van der Waals surface area contributed by atoms with Gasteiger partial charge >= 0.3 is 0 Å². The molecule has 0 bridgehead atoms. The molecule has 1 aliphatic heterocycles. The highest BCUT2D eigenvalue weighted by Crippen LogP contribution is 2.31. The zero-order valence-corrected chi connectivity index (χ0v) is 14.1. The van der Waals surface area contributed by atoms with Crippen molar-refractivity contribution in [2.45, 2.75) is 5.92 Å². The number of anilines is 1. The van der Waals surface area contributed by atoms with Gasteiger partial charge in [-0.3, -0.25) is 9.59 Å². The van der Waals surface area contributed by atoms with Crippen molar-refractivity contribution in [1.29, 1.82) is 0 Å². The molecule has 106 valence electrons. The van der Waals surface area contributed by atoms with Gasteiger partial charge in [0.25, 0.3) is 0 Å². The van der Waals surface area contributed by atoms with Gasteiger partial charge in [0.05, 0.1) is 6.54 Å². The van der Waals surface area contributed by atoms with Crippen molar-refractivity contribution in [3.05, 3.63) is 63.0 Å². The van der Waals surface area contributed by atoms with E-state index >= 15 is 0 Å². The monoisotopic (exact) mass is 407 g/mol. The molecule has 0 radical (unpaired) electrons. The Balaban J connectivity index is 1.92. The maximum absolute atomic E-state index is 12.6. The van der Waals surface area contributed by atoms with E-state index in [1.807, 2.05) is 48.5 Å². The van der Waals surface area contributed by atoms with Crippen LogP contribution in [0.15, 0.2) is 57.5 Å². The first kappa shape index (κ1) is 14.5. The molecule has 5 heteroatoms. The average molecular weight is 409 g/mol. The summed E-state index contributed by atoms with van der Waals surface area (Å²) in [6.45, 7) is 0.126. The van der Waals surface area contributed by atoms with Gasteiger partial charge in [-0.05, 0) is 42.0 Å². The molecule has 1 atom stereocenters. The van der Waals surface area contributed by atoms with Gasteiger partial charge < -0.3 is 4.90 Å². The third-order valence-electron chi connectivity index (χ3n) is 3.49. The maximum atomic E-state index is 12.6. The lowest BCUT2D eigenvalue weighted by atomic mass is 9.97. The minimum Gasteiger partial charge on any atom is -0.304 e. The third kappa shape index (κ3) is 2.80. The molecular formula is C16H11Br2NO2. The number of hydrogen-bond acceptors (Lipinski definition) is 2. The van der Waals surface area contributed by atoms with Crippen molar-refractivity contribution in [3.63, 3.8) is 0 Å². The third-order valence-corrected chi connectivity index (χ3v) is 4.55. The van der Waals surface area contributed by atoms with E-state index in [-0.39, 0.29) is 18.2 Å². The van der Waals surface area contributed by atoms with E-state index in [1.165, 1.54) is 0 Å². The van der Waals surface area contributed by atoms with Gasteiger partial charge in [0.1, 0.15) is 5.92 Å². The second-order valence-corrected chi connectivity index (χ2v) is 6.68. The smallest absolute Gasteiger partial charge is 0.242 e. The highest BCUT2D eigenvalue weighted by molar-refractivity contribution is 9.10. The first-order chi connectivity index (χ1) is 10.1. The van der Waals surface area contributed by atoms with E-state index < -0.39 is 5.92 Å². The lowest BCUT2D eigenvalue weighted by Crippen LogP contribution is -2.26. The predicted molar refractivity (Wildman–Crippen MR) is 88.4 cm³/mol. The van der Waals surface area contributed by atoms with E-state index in [9.17, 15) is 9.59 Å². The molecule has 2 aromatic carbocycles. The summed E-state index contributed by atoms with van der Waals surface area (Å²) in [4.78, 5) is 26.3. The van der Waals surface area contributed by atoms with Crippen LogP contribution in [0, 0.1) is 0 Å². The first-order valence-electron chi connectivity index (χ1n) is 6.41. The molecule has 0 N–H and O–H groups in total. The highest BCUT2D eigenvalue weighted by Gasteiger charge is 2.40. The number of rotatable bonds is 2. The van der Waals surface area contributed by atoms with E-state index in [4.69, 9.17) is 0 Å². The van der Waals surface area contributed by atoms with Gasteiger partial charge in [-0.1, -0.05) is 44.0 Å². The molecule has 0 spiro atoms. The molecule has 21 heavy (non-hydrogen) atoms. The van der Waals surface area contributed by atoms with Gasteiger partial charge in [-0.15, -0.1) is 0 Å². The highest BCUT2D eigenvalue weighted by atomic mass is 79.9. The number of amides is 1. The molecule has 1 amide bonds. The topological polar surface area (TPSA) is 37.4 Å². The van der Waals surface area contributed by atoms with Crippen LogP contribution in [0.25, 0.3) is 0 Å². The summed E-state index contributed by atoms with van der Waals surface area (Å²) in [5.74, 6) is -0.920. The SMILES string of the molecule is O=C1CN(c2ccc(Br)cc2)C(=O)C1c1ccc(Br)cc1. The fraction of sp³-hybridized carbons (Fsp3) is 0.125. The summed E-state index contributed by atoms with van der Waals surface area (Å²) in [6.07, 6.45) is 0. The number of Topliss-reactive ketones (excluding diaryl/α,β-unsaturated/α-hetero) is 1. The number of halogens is 2. The molecule has 1 heterocycles. The molecule has 3 nitrogen and oxygen atoms in total. The van der Waals surface area contributed by atoms with Crippen LogP contribution in [0.1, 0.15) is 11.5 Å². The molecule has 1 aliphatic rings. The summed E-state index contributed by atoms with van der Waals surface area (Å²) in [5.41, 5.74) is 1.49. The van der Waals surface area contributed by atoms with Crippen LogP contribution in [0.2, 0.25) is 0 Å². The number of nitrogens with zero attached hydrogens (tertiary/aromatic N) is 1. The van der Waals surface area contributed by atoms with Gasteiger partial charge in [0.2, 0.25) is 5.91 Å². The lowest BCUT2D eigenvalue weighted by Gasteiger charge is -2.16. The number of carbonyl (C=O) groups is 2. The standard InChI is InChI=1S/C16H11Br2NO2/c17-11-3-1-10(2-4-11)15-14(20)9-19(16(15)21)13-7-5-12(18)6-8-13/h1-8,15H,9H2. The van der Waals surface area contributed by atoms with Crippen molar-refractivity contribution in [1.82, 2.24) is 0 Å². The van der Waals surface area contributed by atoms with Gasteiger partial charge in [-0.25, -0.2) is 0 Å². The Morgan fingerprint density at radius 1 is 0.857 bits per heavy atom. The first-order valence-corrected chi connectivity index (χ1v) is 8.00. The van der Waals surface area contributed by atoms with Crippen LogP contribution in [0.5, 0.6) is 0 Å². The minimum atomic E-state index is -0.693. The number of benzene rings is 2. The van der Waals surface area contributed by atoms with E-state index in [2.05, 4.69) is 31.9 Å². The second-order valence-electron chi connectivity index (χ2n) is 4.85. The molecule has 0 saturated carbocycles. The van der Waals surface area contributed by atoms with Crippen LogP contribution in [-0.2, 0) is 9.59 Å². The quantitative estimate of drug-likeness (QED) is 0.706. The van der Waals surface area contributed by atoms with Crippen molar-refractivity contribution >= 4 is 49.2 Å². The van der Waals surface area contributed by atoms with E-state index in [0.717, 1.165) is 20.2 Å². The number of ketones is 1. The Morgan fingerprint density at radius 3 is 1.95 bits per heavy atom. The summed E-state index contributed by atoms with van der Waals surface area (Å²) < 4.78 is 1.86. The van der Waals surface area contributed by atoms with Crippen LogP contribution >= 0.6 is 31.9 Å². The van der Waals surface area contributed by atoms with Crippen molar-refractivity contribution in [2.24, 2.45) is 0 Å². The van der Waals surface area contributed by atoms with E-state index in [0.29, 0.717) is 0 Å². The molecule has 1 unspecified atom stereocenters. The van der Waals surface area contributed by atoms with Crippen LogP contribution in [0.4, 0.5) is 5.69 Å².